The first kappa shape index (κ1) is 17.8. The Labute approximate surface area is 113 Å². The average Bonchev–Trinajstić information content (AvgIpc) is 2.39. The summed E-state index contributed by atoms with van der Waals surface area (Å²) >= 11 is 0. The molecule has 110 valence electrons. The predicted molar refractivity (Wildman–Crippen MR) is 80.8 cm³/mol. The monoisotopic (exact) mass is 258 g/mol. The molecule has 0 unspecified atom stereocenters. The summed E-state index contributed by atoms with van der Waals surface area (Å²) < 4.78 is 0. The molecular weight excluding hydrogens is 224 g/mol. The van der Waals surface area contributed by atoms with E-state index in [0.717, 1.165) is 52.1 Å². The summed E-state index contributed by atoms with van der Waals surface area (Å²) in [5.41, 5.74) is 10.8. The van der Waals surface area contributed by atoms with Crippen LogP contribution in [0.4, 0.5) is 0 Å². The zero-order valence-electron chi connectivity index (χ0n) is 12.1. The van der Waals surface area contributed by atoms with Crippen LogP contribution in [-0.4, -0.2) is 39.3 Å². The fourth-order valence-corrected chi connectivity index (χ4v) is 1.91. The van der Waals surface area contributed by atoms with Gasteiger partial charge in [-0.1, -0.05) is 25.7 Å². The van der Waals surface area contributed by atoms with E-state index < -0.39 is 0 Å². The maximum absolute atomic E-state index is 5.42. The minimum absolute atomic E-state index is 0.798. The van der Waals surface area contributed by atoms with Crippen LogP contribution in [0.2, 0.25) is 0 Å². The molecule has 18 heavy (non-hydrogen) atoms. The minimum Gasteiger partial charge on any atom is -0.330 e. The van der Waals surface area contributed by atoms with Crippen LogP contribution in [0, 0.1) is 0 Å². The molecule has 0 aliphatic heterocycles. The van der Waals surface area contributed by atoms with E-state index in [1.54, 1.807) is 0 Å². The lowest BCUT2D eigenvalue weighted by Crippen LogP contribution is -2.19. The van der Waals surface area contributed by atoms with Crippen molar-refractivity contribution < 1.29 is 0 Å². The fourth-order valence-electron chi connectivity index (χ4n) is 1.91. The molecule has 0 radical (unpaired) electrons. The van der Waals surface area contributed by atoms with E-state index in [1.807, 2.05) is 0 Å². The molecule has 0 saturated carbocycles. The van der Waals surface area contributed by atoms with Gasteiger partial charge in [-0.2, -0.15) is 0 Å². The van der Waals surface area contributed by atoms with Crippen LogP contribution < -0.4 is 22.1 Å². The van der Waals surface area contributed by atoms with Crippen LogP contribution in [-0.2, 0) is 0 Å². The number of unbranched alkanes of at least 4 members (excludes halogenated alkanes) is 5. The molecule has 0 aromatic carbocycles. The van der Waals surface area contributed by atoms with Gasteiger partial charge in [-0.15, -0.1) is 0 Å². The van der Waals surface area contributed by atoms with Crippen molar-refractivity contribution in [3.63, 3.8) is 0 Å². The van der Waals surface area contributed by atoms with Crippen LogP contribution >= 0.6 is 0 Å². The maximum atomic E-state index is 5.42. The Hall–Kier alpha value is -0.160. The zero-order chi connectivity index (χ0) is 13.3. The van der Waals surface area contributed by atoms with Gasteiger partial charge in [0.2, 0.25) is 0 Å². The van der Waals surface area contributed by atoms with E-state index in [-0.39, 0.29) is 0 Å². The Morgan fingerprint density at radius 1 is 0.444 bits per heavy atom. The number of nitrogens with one attached hydrogen (secondary N) is 2. The molecule has 0 aliphatic rings. The molecule has 4 heteroatoms. The average molecular weight is 258 g/mol. The molecule has 4 nitrogen and oxygen atoms in total. The Morgan fingerprint density at radius 2 is 0.778 bits per heavy atom. The zero-order valence-corrected chi connectivity index (χ0v) is 12.1. The molecule has 0 aliphatic carbocycles. The molecule has 0 spiro atoms. The number of hydrogen-bond donors (Lipinski definition) is 4. The highest BCUT2D eigenvalue weighted by Crippen LogP contribution is 2.04. The first-order valence-corrected chi connectivity index (χ1v) is 7.73. The molecule has 6 N–H and O–H groups in total. The summed E-state index contributed by atoms with van der Waals surface area (Å²) in [6.07, 6.45) is 10.3. The van der Waals surface area contributed by atoms with Crippen molar-refractivity contribution in [1.29, 1.82) is 0 Å². The number of hydrogen-bond acceptors (Lipinski definition) is 4. The molecule has 0 fully saturated rings. The van der Waals surface area contributed by atoms with E-state index in [2.05, 4.69) is 10.6 Å². The Balaban J connectivity index is 2.86. The van der Waals surface area contributed by atoms with E-state index in [4.69, 9.17) is 11.5 Å². The summed E-state index contributed by atoms with van der Waals surface area (Å²) in [5.74, 6) is 0. The van der Waals surface area contributed by atoms with Crippen molar-refractivity contribution in [2.75, 3.05) is 39.3 Å². The first-order valence-electron chi connectivity index (χ1n) is 7.73. The van der Waals surface area contributed by atoms with E-state index >= 15 is 0 Å². The van der Waals surface area contributed by atoms with Crippen molar-refractivity contribution >= 4 is 0 Å². The van der Waals surface area contributed by atoms with Gasteiger partial charge in [0.1, 0.15) is 0 Å². The molecule has 0 heterocycles. The third-order valence-electron chi connectivity index (χ3n) is 3.07. The maximum Gasteiger partial charge on any atom is -0.00369 e. The number of nitrogens with two attached hydrogens (primary N) is 2. The first-order chi connectivity index (χ1) is 8.91. The van der Waals surface area contributed by atoms with Gasteiger partial charge in [0.25, 0.3) is 0 Å². The molecule has 0 saturated heterocycles. The van der Waals surface area contributed by atoms with Gasteiger partial charge < -0.3 is 22.1 Å². The van der Waals surface area contributed by atoms with Crippen molar-refractivity contribution in [2.24, 2.45) is 11.5 Å². The van der Waals surface area contributed by atoms with Crippen LogP contribution in [0.3, 0.4) is 0 Å². The van der Waals surface area contributed by atoms with Crippen LogP contribution in [0.15, 0.2) is 0 Å². The highest BCUT2D eigenvalue weighted by Gasteiger charge is 1.92. The highest BCUT2D eigenvalue weighted by molar-refractivity contribution is 4.52. The van der Waals surface area contributed by atoms with Crippen molar-refractivity contribution in [3.8, 4) is 0 Å². The van der Waals surface area contributed by atoms with Gasteiger partial charge in [-0.3, -0.25) is 0 Å². The summed E-state index contributed by atoms with van der Waals surface area (Å²) in [4.78, 5) is 0. The third kappa shape index (κ3) is 15.8. The topological polar surface area (TPSA) is 76.1 Å². The fraction of sp³-hybridized carbons (Fsp3) is 1.00. The van der Waals surface area contributed by atoms with Gasteiger partial charge in [0.05, 0.1) is 0 Å². The molecular formula is C14H34N4. The second kappa shape index (κ2) is 16.8. The normalized spacial score (nSPS) is 11.0. The van der Waals surface area contributed by atoms with Gasteiger partial charge >= 0.3 is 0 Å². The van der Waals surface area contributed by atoms with Crippen LogP contribution in [0.5, 0.6) is 0 Å². The lowest BCUT2D eigenvalue weighted by molar-refractivity contribution is 0.545. The van der Waals surface area contributed by atoms with Crippen LogP contribution in [0.25, 0.3) is 0 Å². The van der Waals surface area contributed by atoms with Crippen molar-refractivity contribution in [1.82, 2.24) is 10.6 Å². The SMILES string of the molecule is NCCCNCCCCCCCCNCCCN. The Kier molecular flexibility index (Phi) is 16.7. The molecule has 0 aromatic rings. The highest BCUT2D eigenvalue weighted by atomic mass is 14.8. The van der Waals surface area contributed by atoms with E-state index in [0.29, 0.717) is 0 Å². The standard InChI is InChI=1S/C14H34N4/c15-9-7-13-17-11-5-3-1-2-4-6-12-18-14-8-10-16/h17-18H,1-16H2. The Morgan fingerprint density at radius 3 is 1.17 bits per heavy atom. The second-order valence-electron chi connectivity index (χ2n) is 4.91. The minimum atomic E-state index is 0.798. The quantitative estimate of drug-likeness (QED) is 0.333. The summed E-state index contributed by atoms with van der Waals surface area (Å²) in [6.45, 7) is 6.05. The Bertz CT molecular complexity index is 126. The van der Waals surface area contributed by atoms with Gasteiger partial charge in [0.15, 0.2) is 0 Å². The molecule has 0 rings (SSSR count). The van der Waals surface area contributed by atoms with Gasteiger partial charge in [-0.05, 0) is 65.0 Å². The lowest BCUT2D eigenvalue weighted by Gasteiger charge is -2.05. The predicted octanol–water partition coefficient (Wildman–Crippen LogP) is 1.20. The summed E-state index contributed by atoms with van der Waals surface area (Å²) in [6, 6.07) is 0. The molecule has 0 amide bonds. The van der Waals surface area contributed by atoms with E-state index in [9.17, 15) is 0 Å². The van der Waals surface area contributed by atoms with Crippen molar-refractivity contribution in [2.45, 2.75) is 51.4 Å². The molecule has 0 atom stereocenters. The van der Waals surface area contributed by atoms with Crippen molar-refractivity contribution in [3.05, 3.63) is 0 Å². The van der Waals surface area contributed by atoms with Gasteiger partial charge in [-0.25, -0.2) is 0 Å². The summed E-state index contributed by atoms with van der Waals surface area (Å²) in [5, 5.41) is 6.83. The molecule has 0 aromatic heterocycles. The largest absolute Gasteiger partial charge is 0.330 e. The lowest BCUT2D eigenvalue weighted by atomic mass is 10.1. The number of rotatable bonds is 15. The van der Waals surface area contributed by atoms with Gasteiger partial charge in [0, 0.05) is 0 Å². The van der Waals surface area contributed by atoms with E-state index in [1.165, 1.54) is 38.5 Å². The molecule has 0 bridgehead atoms. The summed E-state index contributed by atoms with van der Waals surface area (Å²) in [7, 11) is 0. The van der Waals surface area contributed by atoms with Crippen LogP contribution in [0.1, 0.15) is 51.4 Å². The smallest absolute Gasteiger partial charge is 0.00369 e. The third-order valence-corrected chi connectivity index (χ3v) is 3.07. The second-order valence-corrected chi connectivity index (χ2v) is 4.91.